The van der Waals surface area contributed by atoms with Crippen molar-refractivity contribution < 1.29 is 13.9 Å². The summed E-state index contributed by atoms with van der Waals surface area (Å²) in [7, 11) is 1.30. The number of nitrogens with zero attached hydrogens (tertiary/aromatic N) is 1. The number of hydrogen-bond donors (Lipinski definition) is 0. The molecule has 0 amide bonds. The summed E-state index contributed by atoms with van der Waals surface area (Å²) < 4.78 is 19.1. The first-order valence-electron chi connectivity index (χ1n) is 6.04. The minimum absolute atomic E-state index is 0.0197. The summed E-state index contributed by atoms with van der Waals surface area (Å²) in [5.41, 5.74) is 1.40. The zero-order valence-electron chi connectivity index (χ0n) is 11.2. The lowest BCUT2D eigenvalue weighted by atomic mass is 10.1. The molecule has 0 aliphatic carbocycles. The minimum Gasteiger partial charge on any atom is -0.468 e. The summed E-state index contributed by atoms with van der Waals surface area (Å²) in [5.74, 6) is -0.769. The zero-order valence-corrected chi connectivity index (χ0v) is 11.2. The van der Waals surface area contributed by atoms with Crippen LogP contribution in [0.1, 0.15) is 5.56 Å². The lowest BCUT2D eigenvalue weighted by Crippen LogP contribution is -2.17. The molecule has 1 aromatic heterocycles. The summed E-state index contributed by atoms with van der Waals surface area (Å²) in [6.45, 7) is 1.69. The van der Waals surface area contributed by atoms with Gasteiger partial charge in [0.15, 0.2) is 5.43 Å². The second-order valence-electron chi connectivity index (χ2n) is 4.44. The van der Waals surface area contributed by atoms with Crippen LogP contribution in [-0.2, 0) is 16.1 Å². The molecule has 0 unspecified atom stereocenters. The van der Waals surface area contributed by atoms with Gasteiger partial charge in [0, 0.05) is 23.5 Å². The van der Waals surface area contributed by atoms with Gasteiger partial charge in [-0.25, -0.2) is 4.39 Å². The maximum Gasteiger partial charge on any atom is 0.325 e. The molecule has 0 saturated heterocycles. The van der Waals surface area contributed by atoms with E-state index in [-0.39, 0.29) is 17.8 Å². The van der Waals surface area contributed by atoms with E-state index in [0.717, 1.165) is 0 Å². The van der Waals surface area contributed by atoms with Gasteiger partial charge in [-0.2, -0.15) is 0 Å². The molecule has 1 aromatic carbocycles. The predicted molar refractivity (Wildman–Crippen MR) is 72.8 cm³/mol. The number of ether oxygens (including phenoxy) is 1. The molecule has 0 aliphatic heterocycles. The third-order valence-electron chi connectivity index (χ3n) is 2.95. The highest BCUT2D eigenvalue weighted by atomic mass is 19.1. The van der Waals surface area contributed by atoms with Crippen LogP contribution >= 0.6 is 0 Å². The van der Waals surface area contributed by atoms with E-state index < -0.39 is 5.97 Å². The summed E-state index contributed by atoms with van der Waals surface area (Å²) in [5, 5.41) is 0. The van der Waals surface area contributed by atoms with Gasteiger partial charge in [-0.1, -0.05) is 12.1 Å². The molecule has 0 bridgehead atoms. The highest BCUT2D eigenvalue weighted by molar-refractivity contribution is 5.69. The monoisotopic (exact) mass is 275 g/mol. The fourth-order valence-corrected chi connectivity index (χ4v) is 1.92. The number of hydrogen-bond acceptors (Lipinski definition) is 3. The van der Waals surface area contributed by atoms with Crippen LogP contribution in [0.25, 0.3) is 11.1 Å². The topological polar surface area (TPSA) is 48.3 Å². The second-order valence-corrected chi connectivity index (χ2v) is 4.44. The van der Waals surface area contributed by atoms with Gasteiger partial charge in [0.2, 0.25) is 0 Å². The highest BCUT2D eigenvalue weighted by Crippen LogP contribution is 2.16. The van der Waals surface area contributed by atoms with Crippen LogP contribution in [0.2, 0.25) is 0 Å². The maximum atomic E-state index is 12.9. The number of aromatic nitrogens is 1. The van der Waals surface area contributed by atoms with Crippen molar-refractivity contribution in [3.63, 3.8) is 0 Å². The van der Waals surface area contributed by atoms with Crippen LogP contribution in [0.5, 0.6) is 0 Å². The molecule has 2 aromatic rings. The molecule has 2 rings (SSSR count). The van der Waals surface area contributed by atoms with Crippen molar-refractivity contribution in [1.82, 2.24) is 4.57 Å². The Morgan fingerprint density at radius 2 is 1.90 bits per heavy atom. The molecule has 20 heavy (non-hydrogen) atoms. The summed E-state index contributed by atoms with van der Waals surface area (Å²) in [6, 6.07) is 5.66. The number of methoxy groups -OCH3 is 1. The molecular formula is C15H14FNO3. The van der Waals surface area contributed by atoms with E-state index in [1.54, 1.807) is 23.9 Å². The van der Waals surface area contributed by atoms with E-state index in [0.29, 0.717) is 16.7 Å². The minimum atomic E-state index is -0.405. The van der Waals surface area contributed by atoms with Crippen LogP contribution in [0.3, 0.4) is 0 Å². The molecule has 1 heterocycles. The summed E-state index contributed by atoms with van der Waals surface area (Å²) in [4.78, 5) is 23.4. The number of aryl methyl sites for hydroxylation is 1. The Morgan fingerprint density at radius 3 is 2.50 bits per heavy atom. The third kappa shape index (κ3) is 2.93. The Morgan fingerprint density at radius 1 is 1.25 bits per heavy atom. The molecule has 4 nitrogen and oxygen atoms in total. The Kier molecular flexibility index (Phi) is 3.98. The van der Waals surface area contributed by atoms with Crippen LogP contribution in [0.4, 0.5) is 4.39 Å². The second kappa shape index (κ2) is 5.69. The number of pyridine rings is 1. The Balaban J connectivity index is 2.49. The number of carbonyl (C=O) groups is 1. The Hall–Kier alpha value is -2.43. The van der Waals surface area contributed by atoms with Crippen molar-refractivity contribution in [2.24, 2.45) is 0 Å². The smallest absolute Gasteiger partial charge is 0.325 e. The van der Waals surface area contributed by atoms with Crippen molar-refractivity contribution in [2.75, 3.05) is 7.11 Å². The van der Waals surface area contributed by atoms with Gasteiger partial charge < -0.3 is 9.30 Å². The first kappa shape index (κ1) is 14.0. The van der Waals surface area contributed by atoms with Gasteiger partial charge in [-0.05, 0) is 24.6 Å². The van der Waals surface area contributed by atoms with Crippen molar-refractivity contribution >= 4 is 5.97 Å². The fourth-order valence-electron chi connectivity index (χ4n) is 1.92. The molecule has 0 N–H and O–H groups in total. The Bertz CT molecular complexity index is 689. The van der Waals surface area contributed by atoms with Gasteiger partial charge in [0.05, 0.1) is 7.11 Å². The number of rotatable bonds is 3. The molecule has 0 saturated carbocycles. The standard InChI is InChI=1S/C15H14FNO3/c1-10-7-17(9-14(18)20-2)8-13(15(10)19)11-3-5-12(16)6-4-11/h3-8H,9H2,1-2H3. The fraction of sp³-hybridized carbons (Fsp3) is 0.200. The quantitative estimate of drug-likeness (QED) is 0.806. The molecule has 5 heteroatoms. The number of carbonyl (C=O) groups excluding carboxylic acids is 1. The van der Waals surface area contributed by atoms with E-state index in [4.69, 9.17) is 0 Å². The van der Waals surface area contributed by atoms with E-state index in [2.05, 4.69) is 4.74 Å². The Labute approximate surface area is 115 Å². The van der Waals surface area contributed by atoms with Gasteiger partial charge in [-0.15, -0.1) is 0 Å². The van der Waals surface area contributed by atoms with Crippen LogP contribution in [0, 0.1) is 12.7 Å². The van der Waals surface area contributed by atoms with E-state index >= 15 is 0 Å². The van der Waals surface area contributed by atoms with Gasteiger partial charge >= 0.3 is 5.97 Å². The molecule has 104 valence electrons. The first-order chi connectivity index (χ1) is 9.51. The highest BCUT2D eigenvalue weighted by Gasteiger charge is 2.09. The maximum absolute atomic E-state index is 12.9. The van der Waals surface area contributed by atoms with Crippen LogP contribution in [-0.4, -0.2) is 17.6 Å². The number of benzene rings is 1. The average molecular weight is 275 g/mol. The van der Waals surface area contributed by atoms with Crippen molar-refractivity contribution in [1.29, 1.82) is 0 Å². The normalized spacial score (nSPS) is 10.3. The van der Waals surface area contributed by atoms with Crippen molar-refractivity contribution in [2.45, 2.75) is 13.5 Å². The summed E-state index contributed by atoms with van der Waals surface area (Å²) in [6.07, 6.45) is 3.16. The molecule has 0 spiro atoms. The van der Waals surface area contributed by atoms with Gasteiger partial charge in [0.25, 0.3) is 0 Å². The predicted octanol–water partition coefficient (Wildman–Crippen LogP) is 2.14. The number of esters is 1. The van der Waals surface area contributed by atoms with E-state index in [1.165, 1.54) is 31.4 Å². The lowest BCUT2D eigenvalue weighted by Gasteiger charge is -2.09. The zero-order chi connectivity index (χ0) is 14.7. The van der Waals surface area contributed by atoms with Crippen molar-refractivity contribution in [3.8, 4) is 11.1 Å². The van der Waals surface area contributed by atoms with Crippen LogP contribution < -0.4 is 5.43 Å². The molecule has 0 atom stereocenters. The van der Waals surface area contributed by atoms with Gasteiger partial charge in [0.1, 0.15) is 12.4 Å². The molecular weight excluding hydrogens is 261 g/mol. The molecule has 0 fully saturated rings. The first-order valence-corrected chi connectivity index (χ1v) is 6.04. The number of halogens is 1. The molecule has 0 radical (unpaired) electrons. The molecule has 0 aliphatic rings. The largest absolute Gasteiger partial charge is 0.468 e. The third-order valence-corrected chi connectivity index (χ3v) is 2.95. The van der Waals surface area contributed by atoms with Crippen molar-refractivity contribution in [3.05, 3.63) is 58.3 Å². The van der Waals surface area contributed by atoms with Gasteiger partial charge in [-0.3, -0.25) is 9.59 Å². The van der Waals surface area contributed by atoms with Crippen LogP contribution in [0.15, 0.2) is 41.5 Å². The van der Waals surface area contributed by atoms with E-state index in [9.17, 15) is 14.0 Å². The average Bonchev–Trinajstić information content (AvgIpc) is 2.43. The lowest BCUT2D eigenvalue weighted by molar-refractivity contribution is -0.141. The van der Waals surface area contributed by atoms with E-state index in [1.807, 2.05) is 0 Å². The summed E-state index contributed by atoms with van der Waals surface area (Å²) >= 11 is 0. The SMILES string of the molecule is COC(=O)Cn1cc(C)c(=O)c(-c2ccc(F)cc2)c1.